The van der Waals surface area contributed by atoms with E-state index in [1.165, 1.54) is 7.11 Å². The molecule has 0 aromatic heterocycles. The van der Waals surface area contributed by atoms with E-state index >= 15 is 0 Å². The highest BCUT2D eigenvalue weighted by Gasteiger charge is 2.38. The molecular formula is C15H16O5. The van der Waals surface area contributed by atoms with Crippen LogP contribution in [0.15, 0.2) is 36.1 Å². The molecule has 5 nitrogen and oxygen atoms in total. The Morgan fingerprint density at radius 1 is 1.25 bits per heavy atom. The van der Waals surface area contributed by atoms with Crippen LogP contribution in [-0.2, 0) is 14.3 Å². The van der Waals surface area contributed by atoms with Crippen LogP contribution in [0, 0.1) is 5.92 Å². The number of methoxy groups -OCH3 is 2. The van der Waals surface area contributed by atoms with Gasteiger partial charge in [0.1, 0.15) is 17.4 Å². The van der Waals surface area contributed by atoms with Crippen LogP contribution >= 0.6 is 0 Å². The fraction of sp³-hybridized carbons (Fsp3) is 0.333. The summed E-state index contributed by atoms with van der Waals surface area (Å²) in [6, 6.07) is 7.07. The molecule has 1 aliphatic carbocycles. The zero-order chi connectivity index (χ0) is 14.7. The molecular weight excluding hydrogens is 260 g/mol. The first-order valence-corrected chi connectivity index (χ1v) is 6.22. The maximum Gasteiger partial charge on any atom is 0.316 e. The molecule has 2 rings (SSSR count). The van der Waals surface area contributed by atoms with Gasteiger partial charge >= 0.3 is 5.97 Å². The molecule has 0 bridgehead atoms. The summed E-state index contributed by atoms with van der Waals surface area (Å²) < 4.78 is 9.79. The molecule has 0 radical (unpaired) electrons. The first kappa shape index (κ1) is 14.1. The fourth-order valence-electron chi connectivity index (χ4n) is 2.43. The normalized spacial score (nSPS) is 22.1. The first-order valence-electron chi connectivity index (χ1n) is 6.22. The lowest BCUT2D eigenvalue weighted by Gasteiger charge is -2.27. The average Bonchev–Trinajstić information content (AvgIpc) is 2.46. The number of esters is 1. The molecule has 0 aliphatic heterocycles. The topological polar surface area (TPSA) is 72.8 Å². The van der Waals surface area contributed by atoms with Gasteiger partial charge in [0.05, 0.1) is 14.2 Å². The van der Waals surface area contributed by atoms with Crippen LogP contribution in [0.5, 0.6) is 5.75 Å². The quantitative estimate of drug-likeness (QED) is 0.855. The number of ketones is 1. The van der Waals surface area contributed by atoms with Crippen molar-refractivity contribution in [2.45, 2.75) is 12.3 Å². The van der Waals surface area contributed by atoms with Gasteiger partial charge in [0.2, 0.25) is 0 Å². The van der Waals surface area contributed by atoms with Crippen molar-refractivity contribution in [3.63, 3.8) is 0 Å². The second kappa shape index (κ2) is 5.77. The molecule has 0 spiro atoms. The fourth-order valence-corrected chi connectivity index (χ4v) is 2.43. The molecule has 1 aromatic carbocycles. The number of hydrogen-bond acceptors (Lipinski definition) is 5. The lowest BCUT2D eigenvalue weighted by molar-refractivity contribution is -0.146. The van der Waals surface area contributed by atoms with Crippen molar-refractivity contribution in [2.24, 2.45) is 5.92 Å². The minimum absolute atomic E-state index is 0.163. The van der Waals surface area contributed by atoms with Crippen molar-refractivity contribution < 1.29 is 24.2 Å². The minimum Gasteiger partial charge on any atom is -0.511 e. The Balaban J connectivity index is 2.37. The molecule has 0 saturated carbocycles. The molecule has 2 atom stereocenters. The van der Waals surface area contributed by atoms with E-state index in [4.69, 9.17) is 9.47 Å². The van der Waals surface area contributed by atoms with E-state index in [1.807, 2.05) is 0 Å². The second-order valence-corrected chi connectivity index (χ2v) is 4.62. The summed E-state index contributed by atoms with van der Waals surface area (Å²) in [4.78, 5) is 23.5. The maximum absolute atomic E-state index is 11.8. The third-order valence-electron chi connectivity index (χ3n) is 3.45. The monoisotopic (exact) mass is 276 g/mol. The third kappa shape index (κ3) is 2.66. The van der Waals surface area contributed by atoms with Gasteiger partial charge in [0, 0.05) is 18.4 Å². The van der Waals surface area contributed by atoms with E-state index < -0.39 is 17.8 Å². The molecule has 1 aromatic rings. The van der Waals surface area contributed by atoms with Crippen LogP contribution < -0.4 is 4.74 Å². The van der Waals surface area contributed by atoms with Crippen LogP contribution in [0.2, 0.25) is 0 Å². The molecule has 1 N–H and O–H groups in total. The summed E-state index contributed by atoms with van der Waals surface area (Å²) >= 11 is 0. The van der Waals surface area contributed by atoms with Crippen molar-refractivity contribution in [1.82, 2.24) is 0 Å². The predicted molar refractivity (Wildman–Crippen MR) is 71.6 cm³/mol. The predicted octanol–water partition coefficient (Wildman–Crippen LogP) is 1.98. The summed E-state index contributed by atoms with van der Waals surface area (Å²) in [6.07, 6.45) is 1.26. The molecule has 1 aliphatic rings. The van der Waals surface area contributed by atoms with E-state index in [1.54, 1.807) is 31.4 Å². The molecule has 20 heavy (non-hydrogen) atoms. The van der Waals surface area contributed by atoms with Crippen LogP contribution in [0.4, 0.5) is 0 Å². The number of aliphatic hydroxyl groups excluding tert-OH is 1. The molecule has 106 valence electrons. The van der Waals surface area contributed by atoms with Crippen molar-refractivity contribution in [3.8, 4) is 5.75 Å². The van der Waals surface area contributed by atoms with Gasteiger partial charge in [-0.05, 0) is 17.7 Å². The van der Waals surface area contributed by atoms with Crippen molar-refractivity contribution >= 4 is 11.8 Å². The minimum atomic E-state index is -0.842. The summed E-state index contributed by atoms with van der Waals surface area (Å²) in [5, 5.41) is 9.89. The summed E-state index contributed by atoms with van der Waals surface area (Å²) in [7, 11) is 2.82. The van der Waals surface area contributed by atoms with Crippen LogP contribution in [0.1, 0.15) is 17.9 Å². The Bertz CT molecular complexity index is 544. The van der Waals surface area contributed by atoms with Gasteiger partial charge in [-0.25, -0.2) is 0 Å². The summed E-state index contributed by atoms with van der Waals surface area (Å²) in [5.74, 6) is -1.58. The zero-order valence-electron chi connectivity index (χ0n) is 11.3. The van der Waals surface area contributed by atoms with Crippen LogP contribution in [0.3, 0.4) is 0 Å². The number of carbonyl (C=O) groups excluding carboxylic acids is 2. The second-order valence-electron chi connectivity index (χ2n) is 4.62. The lowest BCUT2D eigenvalue weighted by atomic mass is 9.77. The smallest absolute Gasteiger partial charge is 0.316 e. The van der Waals surface area contributed by atoms with E-state index in [-0.39, 0.29) is 18.0 Å². The van der Waals surface area contributed by atoms with Crippen LogP contribution in [-0.4, -0.2) is 31.1 Å². The molecule has 0 unspecified atom stereocenters. The van der Waals surface area contributed by atoms with Gasteiger partial charge in [-0.15, -0.1) is 0 Å². The number of allylic oxidation sites excluding steroid dienone is 1. The molecule has 0 fully saturated rings. The highest BCUT2D eigenvalue weighted by molar-refractivity contribution is 5.94. The number of aliphatic hydroxyl groups is 1. The molecule has 0 saturated heterocycles. The highest BCUT2D eigenvalue weighted by Crippen LogP contribution is 2.37. The third-order valence-corrected chi connectivity index (χ3v) is 3.45. The van der Waals surface area contributed by atoms with Gasteiger partial charge in [0.15, 0.2) is 5.78 Å². The van der Waals surface area contributed by atoms with Crippen molar-refractivity contribution in [1.29, 1.82) is 0 Å². The average molecular weight is 276 g/mol. The Morgan fingerprint density at radius 3 is 2.45 bits per heavy atom. The molecule has 5 heteroatoms. The standard InChI is InChI=1S/C15H16O5/c1-19-11-5-3-9(4-6-11)12-7-10(16)8-13(17)14(12)15(18)20-2/h3-6,8,12,14,17H,7H2,1-2H3/t12-,14-/m1/s1. The highest BCUT2D eigenvalue weighted by atomic mass is 16.5. The Morgan fingerprint density at radius 2 is 1.90 bits per heavy atom. The van der Waals surface area contributed by atoms with E-state index in [0.29, 0.717) is 5.75 Å². The summed E-state index contributed by atoms with van der Waals surface area (Å²) in [5.41, 5.74) is 0.786. The molecule has 0 amide bonds. The zero-order valence-corrected chi connectivity index (χ0v) is 11.3. The van der Waals surface area contributed by atoms with Gasteiger partial charge < -0.3 is 14.6 Å². The van der Waals surface area contributed by atoms with E-state index in [0.717, 1.165) is 11.6 Å². The van der Waals surface area contributed by atoms with Crippen molar-refractivity contribution in [3.05, 3.63) is 41.7 Å². The van der Waals surface area contributed by atoms with E-state index in [9.17, 15) is 14.7 Å². The van der Waals surface area contributed by atoms with Gasteiger partial charge in [-0.3, -0.25) is 9.59 Å². The van der Waals surface area contributed by atoms with Crippen molar-refractivity contribution in [2.75, 3.05) is 14.2 Å². The number of benzene rings is 1. The van der Waals surface area contributed by atoms with Gasteiger partial charge in [0.25, 0.3) is 0 Å². The first-order chi connectivity index (χ1) is 9.56. The lowest BCUT2D eigenvalue weighted by Crippen LogP contribution is -2.30. The number of rotatable bonds is 3. The van der Waals surface area contributed by atoms with Gasteiger partial charge in [-0.1, -0.05) is 12.1 Å². The SMILES string of the molecule is COC(=O)[C@H]1C(O)=CC(=O)C[C@@H]1c1ccc(OC)cc1. The Kier molecular flexibility index (Phi) is 4.08. The largest absolute Gasteiger partial charge is 0.511 e. The van der Waals surface area contributed by atoms with E-state index in [2.05, 4.69) is 0 Å². The Hall–Kier alpha value is -2.30. The Labute approximate surface area is 116 Å². The van der Waals surface area contributed by atoms with Gasteiger partial charge in [-0.2, -0.15) is 0 Å². The molecule has 0 heterocycles. The number of carbonyl (C=O) groups is 2. The maximum atomic E-state index is 11.8. The number of ether oxygens (including phenoxy) is 2. The number of hydrogen-bond donors (Lipinski definition) is 1. The summed E-state index contributed by atoms with van der Waals surface area (Å²) in [6.45, 7) is 0. The van der Waals surface area contributed by atoms with Crippen LogP contribution in [0.25, 0.3) is 0 Å².